The van der Waals surface area contributed by atoms with Crippen LogP contribution in [0.25, 0.3) is 0 Å². The number of carboxylic acid groups (broad SMARTS) is 2. The summed E-state index contributed by atoms with van der Waals surface area (Å²) in [4.78, 5) is 167. The highest BCUT2D eigenvalue weighted by molar-refractivity contribution is 6.00. The van der Waals surface area contributed by atoms with Crippen LogP contribution < -0.4 is 59.7 Å². The zero-order valence-electron chi connectivity index (χ0n) is 53.1. The Morgan fingerprint density at radius 3 is 1.37 bits per heavy atom. The van der Waals surface area contributed by atoms with Crippen LogP contribution in [-0.4, -0.2) is 170 Å². The number of carbonyl (C=O) groups excluding carboxylic acids is 10. The van der Waals surface area contributed by atoms with Gasteiger partial charge in [-0.15, -0.1) is 0 Å². The van der Waals surface area contributed by atoms with E-state index in [2.05, 4.69) is 42.5 Å². The van der Waals surface area contributed by atoms with E-state index in [9.17, 15) is 73.2 Å². The second-order valence-electron chi connectivity index (χ2n) is 24.1. The van der Waals surface area contributed by atoms with Crippen molar-refractivity contribution in [1.29, 1.82) is 0 Å². The standard InChI is InChI=1S/C66H88N12O16/c1-37(2)30-46(71-57(84)45(18-13-28-67)70-64(91)56(69)38(3)4)58(85)76-51(33-41-20-24-43(79)25-21-41)65(92)78-29-12-11-19-53(78)63(90)75-48(32-40-16-9-6-10-17-40)60(87)72-47(31-39-14-7-5-8-15-39)59(86)73-49(35-54(68)81)61(88)74-50(36-55(82)83)62(89)77-52(66(93)94)34-42-22-26-44(80)27-23-42/h5-10,14-17,20-27,37-38,45-53,56,79-80H,11-13,18-19,28-36,67,69H2,1-4H3,(H2,68,81)(H,70,91)(H,71,84)(H,72,87)(H,73,86)(H,74,88)(H,75,90)(H,76,85)(H,77,89)(H,82,83)(H,93,94)/t45-,46-,47-,48-,49-,50-,51-,52-,53-,56-/m0/s1. The monoisotopic (exact) mass is 1300 g/mol. The van der Waals surface area contributed by atoms with Crippen molar-refractivity contribution in [2.24, 2.45) is 29.0 Å². The predicted octanol–water partition coefficient (Wildman–Crippen LogP) is -0.169. The number of carbonyl (C=O) groups is 12. The topological polar surface area (TPSA) is 463 Å². The van der Waals surface area contributed by atoms with Crippen LogP contribution >= 0.6 is 0 Å². The van der Waals surface area contributed by atoms with E-state index in [1.165, 1.54) is 41.3 Å². The van der Waals surface area contributed by atoms with Crippen molar-refractivity contribution in [3.05, 3.63) is 131 Å². The SMILES string of the molecule is CC(C)C[C@H](NC(=O)[C@H](CCCN)NC(=O)[C@@H](N)C(C)C)C(=O)N[C@@H](Cc1ccc(O)cc1)C(=O)N1CCCC[C@H]1C(=O)N[C@@H](Cc1ccccc1)C(=O)N[C@@H](Cc1ccccc1)C(=O)N[C@@H](CC(N)=O)C(=O)N[C@@H](CC(=O)O)C(=O)N[C@@H](Cc1ccc(O)cc1)C(=O)O. The van der Waals surface area contributed by atoms with E-state index in [1.54, 1.807) is 86.6 Å². The average molecular weight is 1310 g/mol. The summed E-state index contributed by atoms with van der Waals surface area (Å²) in [6, 6.07) is 13.4. The van der Waals surface area contributed by atoms with Gasteiger partial charge in [-0.05, 0) is 103 Å². The molecule has 0 unspecified atom stereocenters. The Bertz CT molecular complexity index is 3250. The number of amides is 10. The zero-order chi connectivity index (χ0) is 69.2. The van der Waals surface area contributed by atoms with Crippen molar-refractivity contribution in [3.63, 3.8) is 0 Å². The molecule has 508 valence electrons. The maximum atomic E-state index is 15.2. The van der Waals surface area contributed by atoms with Crippen molar-refractivity contribution in [1.82, 2.24) is 47.4 Å². The third-order valence-corrected chi connectivity index (χ3v) is 15.6. The Hall–Kier alpha value is -9.96. The van der Waals surface area contributed by atoms with Crippen LogP contribution in [-0.2, 0) is 83.2 Å². The lowest BCUT2D eigenvalue weighted by Gasteiger charge is -2.38. The Labute approximate surface area is 544 Å². The largest absolute Gasteiger partial charge is 0.508 e. The summed E-state index contributed by atoms with van der Waals surface area (Å²) in [6.45, 7) is 7.37. The van der Waals surface area contributed by atoms with Gasteiger partial charge < -0.3 is 85.1 Å². The molecule has 4 aromatic carbocycles. The van der Waals surface area contributed by atoms with Gasteiger partial charge in [0.2, 0.25) is 59.1 Å². The maximum absolute atomic E-state index is 15.2. The lowest BCUT2D eigenvalue weighted by Crippen LogP contribution is -2.62. The zero-order valence-corrected chi connectivity index (χ0v) is 53.1. The van der Waals surface area contributed by atoms with Crippen molar-refractivity contribution >= 4 is 71.0 Å². The Kier molecular flexibility index (Phi) is 29.4. The molecule has 0 aliphatic carbocycles. The highest BCUT2D eigenvalue weighted by atomic mass is 16.4. The number of hydrogen-bond donors (Lipinski definition) is 15. The molecule has 10 atom stereocenters. The lowest BCUT2D eigenvalue weighted by molar-refractivity contribution is -0.146. The molecule has 1 aliphatic heterocycles. The summed E-state index contributed by atoms with van der Waals surface area (Å²) in [6.07, 6.45) is -1.42. The molecule has 0 bridgehead atoms. The molecule has 10 amide bonds. The van der Waals surface area contributed by atoms with Crippen LogP contribution in [0.5, 0.6) is 11.5 Å². The molecule has 18 N–H and O–H groups in total. The maximum Gasteiger partial charge on any atom is 0.326 e. The number of nitrogens with two attached hydrogens (primary N) is 3. The molecule has 1 saturated heterocycles. The normalized spacial score (nSPS) is 15.8. The fourth-order valence-electron chi connectivity index (χ4n) is 10.5. The van der Waals surface area contributed by atoms with E-state index in [0.717, 1.165) is 0 Å². The molecular weight excluding hydrogens is 1220 g/mol. The molecule has 0 saturated carbocycles. The van der Waals surface area contributed by atoms with Crippen LogP contribution in [0, 0.1) is 11.8 Å². The first kappa shape index (κ1) is 74.8. The molecule has 0 spiro atoms. The second kappa shape index (κ2) is 36.9. The smallest absolute Gasteiger partial charge is 0.326 e. The molecule has 94 heavy (non-hydrogen) atoms. The number of nitrogens with zero attached hydrogens (tertiary/aromatic N) is 1. The average Bonchev–Trinajstić information content (AvgIpc) is 0.896. The molecule has 28 heteroatoms. The minimum atomic E-state index is -1.98. The molecule has 28 nitrogen and oxygen atoms in total. The first-order valence-electron chi connectivity index (χ1n) is 31.2. The molecule has 5 rings (SSSR count). The number of rotatable bonds is 36. The summed E-state index contributed by atoms with van der Waals surface area (Å²) in [5.41, 5.74) is 19.3. The van der Waals surface area contributed by atoms with Crippen molar-refractivity contribution in [2.75, 3.05) is 13.1 Å². The minimum absolute atomic E-state index is 0.0204. The number of nitrogens with one attached hydrogen (secondary N) is 8. The molecule has 0 radical (unpaired) electrons. The van der Waals surface area contributed by atoms with Crippen LogP contribution in [0.15, 0.2) is 109 Å². The summed E-state index contributed by atoms with van der Waals surface area (Å²) in [5.74, 6) is -13.0. The van der Waals surface area contributed by atoms with Gasteiger partial charge in [-0.1, -0.05) is 113 Å². The number of primary amides is 1. The summed E-state index contributed by atoms with van der Waals surface area (Å²) >= 11 is 0. The number of hydrogen-bond acceptors (Lipinski definition) is 16. The van der Waals surface area contributed by atoms with Gasteiger partial charge in [0.15, 0.2) is 0 Å². The van der Waals surface area contributed by atoms with Gasteiger partial charge >= 0.3 is 11.9 Å². The van der Waals surface area contributed by atoms with Crippen LogP contribution in [0.2, 0.25) is 0 Å². The van der Waals surface area contributed by atoms with E-state index >= 15 is 4.79 Å². The highest BCUT2D eigenvalue weighted by Crippen LogP contribution is 2.22. The molecule has 0 aromatic heterocycles. The Morgan fingerprint density at radius 2 is 0.894 bits per heavy atom. The number of phenolic OH excluding ortho intramolecular Hbond substituents is 2. The number of aromatic hydroxyl groups is 2. The van der Waals surface area contributed by atoms with Crippen LogP contribution in [0.1, 0.15) is 101 Å². The van der Waals surface area contributed by atoms with E-state index in [-0.39, 0.29) is 81.4 Å². The van der Waals surface area contributed by atoms with E-state index in [4.69, 9.17) is 17.2 Å². The van der Waals surface area contributed by atoms with Crippen molar-refractivity contribution in [2.45, 2.75) is 165 Å². The van der Waals surface area contributed by atoms with E-state index < -0.39 is 144 Å². The first-order chi connectivity index (χ1) is 44.6. The number of benzene rings is 4. The Balaban J connectivity index is 1.43. The van der Waals surface area contributed by atoms with Gasteiger partial charge in [-0.25, -0.2) is 4.79 Å². The molecule has 1 aliphatic rings. The summed E-state index contributed by atoms with van der Waals surface area (Å²) in [5, 5.41) is 60.1. The lowest BCUT2D eigenvalue weighted by atomic mass is 9.96. The van der Waals surface area contributed by atoms with Gasteiger partial charge in [0.05, 0.1) is 18.9 Å². The van der Waals surface area contributed by atoms with Crippen molar-refractivity contribution in [3.8, 4) is 11.5 Å². The third kappa shape index (κ3) is 24.3. The van der Waals surface area contributed by atoms with Gasteiger partial charge in [-0.3, -0.25) is 52.7 Å². The quantitative estimate of drug-likeness (QED) is 0.0281. The fraction of sp³-hybridized carbons (Fsp3) is 0.455. The van der Waals surface area contributed by atoms with Gasteiger partial charge in [0.1, 0.15) is 65.9 Å². The second-order valence-corrected chi connectivity index (χ2v) is 24.1. The third-order valence-electron chi connectivity index (χ3n) is 15.6. The molecule has 1 fully saturated rings. The van der Waals surface area contributed by atoms with E-state index in [0.29, 0.717) is 41.5 Å². The number of piperidine rings is 1. The highest BCUT2D eigenvalue weighted by Gasteiger charge is 2.40. The van der Waals surface area contributed by atoms with Gasteiger partial charge in [0, 0.05) is 32.2 Å². The van der Waals surface area contributed by atoms with Gasteiger partial charge in [0.25, 0.3) is 0 Å². The minimum Gasteiger partial charge on any atom is -0.508 e. The fourth-order valence-corrected chi connectivity index (χ4v) is 10.5. The van der Waals surface area contributed by atoms with Gasteiger partial charge in [-0.2, -0.15) is 0 Å². The number of likely N-dealkylation sites (tertiary alicyclic amines) is 1. The molecule has 1 heterocycles. The molecular formula is C66H88N12O16. The van der Waals surface area contributed by atoms with E-state index in [1.807, 2.05) is 13.8 Å². The predicted molar refractivity (Wildman–Crippen MR) is 343 cm³/mol. The number of aliphatic carboxylic acids is 2. The van der Waals surface area contributed by atoms with Crippen molar-refractivity contribution < 1.29 is 78.0 Å². The number of phenols is 2. The molecule has 4 aromatic rings. The van der Waals surface area contributed by atoms with Crippen LogP contribution in [0.4, 0.5) is 0 Å². The number of carboxylic acids is 2. The first-order valence-corrected chi connectivity index (χ1v) is 31.2. The summed E-state index contributed by atoms with van der Waals surface area (Å²) < 4.78 is 0. The Morgan fingerprint density at radius 1 is 0.489 bits per heavy atom. The van der Waals surface area contributed by atoms with Crippen LogP contribution in [0.3, 0.4) is 0 Å². The summed E-state index contributed by atoms with van der Waals surface area (Å²) in [7, 11) is 0.